The van der Waals surface area contributed by atoms with E-state index in [-0.39, 0.29) is 4.21 Å². The van der Waals surface area contributed by atoms with Crippen molar-refractivity contribution in [3.05, 3.63) is 6.20 Å². The fourth-order valence-electron chi connectivity index (χ4n) is 1.78. The van der Waals surface area contributed by atoms with Crippen molar-refractivity contribution in [1.29, 1.82) is 0 Å². The van der Waals surface area contributed by atoms with Gasteiger partial charge < -0.3 is 9.80 Å². The topological polar surface area (TPSA) is 79.5 Å². The van der Waals surface area contributed by atoms with Crippen LogP contribution in [0.1, 0.15) is 6.92 Å². The van der Waals surface area contributed by atoms with E-state index in [2.05, 4.69) is 21.7 Å². The third kappa shape index (κ3) is 2.95. The number of thiazole rings is 1. The molecule has 1 aliphatic rings. The van der Waals surface area contributed by atoms with Crippen LogP contribution >= 0.6 is 11.3 Å². The molecule has 1 aromatic heterocycles. The molecule has 6 nitrogen and oxygen atoms in total. The number of piperazine rings is 1. The minimum atomic E-state index is -3.62. The summed E-state index contributed by atoms with van der Waals surface area (Å²) in [4.78, 5) is 8.58. The number of likely N-dealkylation sites (N-methyl/N-ethyl adjacent to an activating group) is 1. The zero-order chi connectivity index (χ0) is 12.5. The Morgan fingerprint density at radius 3 is 2.53 bits per heavy atom. The number of nitrogens with two attached hydrogens (primary N) is 1. The molecule has 1 fully saturated rings. The van der Waals surface area contributed by atoms with Gasteiger partial charge in [0, 0.05) is 26.2 Å². The maximum atomic E-state index is 11.1. The summed E-state index contributed by atoms with van der Waals surface area (Å²) in [7, 11) is -3.62. The third-order valence-corrected chi connectivity index (χ3v) is 5.31. The number of primary sulfonamides is 1. The van der Waals surface area contributed by atoms with Gasteiger partial charge in [-0.25, -0.2) is 18.5 Å². The van der Waals surface area contributed by atoms with Crippen LogP contribution in [0.5, 0.6) is 0 Å². The summed E-state index contributed by atoms with van der Waals surface area (Å²) in [5.41, 5.74) is 0. The van der Waals surface area contributed by atoms with Crippen LogP contribution in [-0.4, -0.2) is 51.0 Å². The van der Waals surface area contributed by atoms with Crippen LogP contribution in [0, 0.1) is 0 Å². The van der Waals surface area contributed by atoms with Crippen molar-refractivity contribution in [2.45, 2.75) is 11.1 Å². The molecule has 0 atom stereocenters. The van der Waals surface area contributed by atoms with Gasteiger partial charge in [0.25, 0.3) is 0 Å². The highest BCUT2D eigenvalue weighted by atomic mass is 32.2. The average molecular weight is 276 g/mol. The molecule has 0 bridgehead atoms. The first kappa shape index (κ1) is 12.7. The molecule has 0 saturated carbocycles. The number of anilines is 1. The Morgan fingerprint density at radius 1 is 1.41 bits per heavy atom. The van der Waals surface area contributed by atoms with Gasteiger partial charge in [-0.05, 0) is 6.54 Å². The SMILES string of the molecule is CCN1CCN(c2ncc(S(N)(=O)=O)s2)CC1. The summed E-state index contributed by atoms with van der Waals surface area (Å²) in [5.74, 6) is 0. The van der Waals surface area contributed by atoms with Crippen LogP contribution < -0.4 is 10.0 Å². The zero-order valence-corrected chi connectivity index (χ0v) is 11.3. The van der Waals surface area contributed by atoms with Crippen LogP contribution in [-0.2, 0) is 10.0 Å². The maximum absolute atomic E-state index is 11.1. The molecule has 2 N–H and O–H groups in total. The van der Waals surface area contributed by atoms with Gasteiger partial charge in [-0.1, -0.05) is 18.3 Å². The van der Waals surface area contributed by atoms with Gasteiger partial charge in [0.2, 0.25) is 10.0 Å². The number of nitrogens with zero attached hydrogens (tertiary/aromatic N) is 3. The van der Waals surface area contributed by atoms with E-state index in [1.165, 1.54) is 6.20 Å². The van der Waals surface area contributed by atoms with E-state index in [1.807, 2.05) is 0 Å². The van der Waals surface area contributed by atoms with Crippen molar-refractivity contribution in [3.63, 3.8) is 0 Å². The highest BCUT2D eigenvalue weighted by Gasteiger charge is 2.20. The van der Waals surface area contributed by atoms with E-state index in [0.717, 1.165) is 49.2 Å². The minimum absolute atomic E-state index is 0.130. The van der Waals surface area contributed by atoms with E-state index >= 15 is 0 Å². The van der Waals surface area contributed by atoms with Crippen molar-refractivity contribution in [2.75, 3.05) is 37.6 Å². The lowest BCUT2D eigenvalue weighted by Crippen LogP contribution is -2.46. The van der Waals surface area contributed by atoms with Gasteiger partial charge in [0.15, 0.2) is 9.34 Å². The molecular weight excluding hydrogens is 260 g/mol. The van der Waals surface area contributed by atoms with Gasteiger partial charge in [0.05, 0.1) is 6.20 Å². The molecule has 0 aliphatic carbocycles. The zero-order valence-electron chi connectivity index (χ0n) is 9.66. The Balaban J connectivity index is 2.07. The first-order chi connectivity index (χ1) is 8.00. The van der Waals surface area contributed by atoms with Crippen LogP contribution in [0.2, 0.25) is 0 Å². The largest absolute Gasteiger partial charge is 0.345 e. The Labute approximate surface area is 105 Å². The lowest BCUT2D eigenvalue weighted by atomic mass is 10.3. The van der Waals surface area contributed by atoms with Crippen LogP contribution in [0.15, 0.2) is 10.4 Å². The second-order valence-corrected chi connectivity index (χ2v) is 6.73. The summed E-state index contributed by atoms with van der Waals surface area (Å²) in [6.45, 7) is 6.92. The van der Waals surface area contributed by atoms with Gasteiger partial charge in [-0.15, -0.1) is 0 Å². The monoisotopic (exact) mass is 276 g/mol. The number of rotatable bonds is 3. The van der Waals surface area contributed by atoms with Crippen LogP contribution in [0.4, 0.5) is 5.13 Å². The minimum Gasteiger partial charge on any atom is -0.345 e. The first-order valence-electron chi connectivity index (χ1n) is 5.46. The maximum Gasteiger partial charge on any atom is 0.249 e. The number of hydrogen-bond acceptors (Lipinski definition) is 6. The normalized spacial score (nSPS) is 18.6. The predicted octanol–water partition coefficient (Wildman–Crippen LogP) is -0.0676. The standard InChI is InChI=1S/C9H16N4O2S2/c1-2-12-3-5-13(6-4-12)9-11-7-8(16-9)17(10,14)15/h7H,2-6H2,1H3,(H2,10,14,15). The highest BCUT2D eigenvalue weighted by Crippen LogP contribution is 2.25. The lowest BCUT2D eigenvalue weighted by molar-refractivity contribution is 0.271. The van der Waals surface area contributed by atoms with Crippen molar-refractivity contribution in [1.82, 2.24) is 9.88 Å². The molecule has 2 heterocycles. The Kier molecular flexibility index (Phi) is 3.67. The van der Waals surface area contributed by atoms with E-state index in [0.29, 0.717) is 0 Å². The molecule has 0 unspecified atom stereocenters. The van der Waals surface area contributed by atoms with Gasteiger partial charge >= 0.3 is 0 Å². The van der Waals surface area contributed by atoms with Gasteiger partial charge in [-0.2, -0.15) is 0 Å². The second-order valence-electron chi connectivity index (χ2n) is 3.93. The number of sulfonamides is 1. The summed E-state index contributed by atoms with van der Waals surface area (Å²) >= 11 is 1.14. The molecule has 2 rings (SSSR count). The number of hydrogen-bond donors (Lipinski definition) is 1. The molecule has 96 valence electrons. The lowest BCUT2D eigenvalue weighted by Gasteiger charge is -2.33. The summed E-state index contributed by atoms with van der Waals surface area (Å²) < 4.78 is 22.4. The first-order valence-corrected chi connectivity index (χ1v) is 7.83. The fraction of sp³-hybridized carbons (Fsp3) is 0.667. The molecule has 0 radical (unpaired) electrons. The number of aromatic nitrogens is 1. The molecule has 17 heavy (non-hydrogen) atoms. The smallest absolute Gasteiger partial charge is 0.249 e. The third-order valence-electron chi connectivity index (χ3n) is 2.84. The van der Waals surface area contributed by atoms with Gasteiger partial charge in [0.1, 0.15) is 0 Å². The molecule has 1 aromatic rings. The van der Waals surface area contributed by atoms with Crippen molar-refractivity contribution >= 4 is 26.5 Å². The second kappa shape index (κ2) is 4.89. The molecule has 0 aromatic carbocycles. The van der Waals surface area contributed by atoms with E-state index in [9.17, 15) is 8.42 Å². The molecular formula is C9H16N4O2S2. The van der Waals surface area contributed by atoms with E-state index in [4.69, 9.17) is 5.14 Å². The average Bonchev–Trinajstić information content (AvgIpc) is 2.78. The molecule has 0 spiro atoms. The Morgan fingerprint density at radius 2 is 2.06 bits per heavy atom. The fourth-order valence-corrected chi connectivity index (χ4v) is 3.37. The van der Waals surface area contributed by atoms with Crippen LogP contribution in [0.3, 0.4) is 0 Å². The molecule has 1 saturated heterocycles. The Hall–Kier alpha value is -0.700. The van der Waals surface area contributed by atoms with Gasteiger partial charge in [-0.3, -0.25) is 0 Å². The summed E-state index contributed by atoms with van der Waals surface area (Å²) in [6.07, 6.45) is 1.33. The predicted molar refractivity (Wildman–Crippen MR) is 67.8 cm³/mol. The molecule has 0 amide bonds. The summed E-state index contributed by atoms with van der Waals surface area (Å²) in [6, 6.07) is 0. The van der Waals surface area contributed by atoms with Crippen LogP contribution in [0.25, 0.3) is 0 Å². The van der Waals surface area contributed by atoms with Crippen molar-refractivity contribution in [2.24, 2.45) is 5.14 Å². The van der Waals surface area contributed by atoms with E-state index < -0.39 is 10.0 Å². The van der Waals surface area contributed by atoms with Crippen molar-refractivity contribution in [3.8, 4) is 0 Å². The van der Waals surface area contributed by atoms with E-state index in [1.54, 1.807) is 0 Å². The highest BCUT2D eigenvalue weighted by molar-refractivity contribution is 7.91. The Bertz CT molecular complexity index is 477. The quantitative estimate of drug-likeness (QED) is 0.836. The summed E-state index contributed by atoms with van der Waals surface area (Å²) in [5, 5.41) is 5.80. The molecule has 8 heteroatoms. The van der Waals surface area contributed by atoms with Crippen molar-refractivity contribution < 1.29 is 8.42 Å². The molecule has 1 aliphatic heterocycles.